The maximum absolute atomic E-state index is 13.5. The summed E-state index contributed by atoms with van der Waals surface area (Å²) in [6.45, 7) is 0. The average Bonchev–Trinajstić information content (AvgIpc) is 2.44. The molecule has 7 heteroatoms. The Morgan fingerprint density at radius 3 is 2.60 bits per heavy atom. The van der Waals surface area contributed by atoms with Crippen molar-refractivity contribution < 1.29 is 18.4 Å². The molecule has 0 fully saturated rings. The predicted octanol–water partition coefficient (Wildman–Crippen LogP) is 4.40. The van der Waals surface area contributed by atoms with Crippen molar-refractivity contribution in [3.05, 3.63) is 63.7 Å². The van der Waals surface area contributed by atoms with Crippen LogP contribution in [0, 0.1) is 21.7 Å². The van der Waals surface area contributed by atoms with Crippen LogP contribution in [-0.2, 0) is 5.88 Å². The van der Waals surface area contributed by atoms with E-state index in [1.165, 1.54) is 30.3 Å². The van der Waals surface area contributed by atoms with Gasteiger partial charge < -0.3 is 4.74 Å². The van der Waals surface area contributed by atoms with E-state index in [1.54, 1.807) is 0 Å². The highest BCUT2D eigenvalue weighted by atomic mass is 35.5. The van der Waals surface area contributed by atoms with E-state index in [-0.39, 0.29) is 23.1 Å². The van der Waals surface area contributed by atoms with Crippen LogP contribution in [0.2, 0.25) is 0 Å². The topological polar surface area (TPSA) is 52.4 Å². The number of nitrogens with zero attached hydrogens (tertiary/aromatic N) is 1. The number of nitro groups is 1. The molecule has 0 radical (unpaired) electrons. The van der Waals surface area contributed by atoms with Gasteiger partial charge in [-0.05, 0) is 18.2 Å². The van der Waals surface area contributed by atoms with Crippen LogP contribution in [0.1, 0.15) is 5.56 Å². The maximum atomic E-state index is 13.5. The van der Waals surface area contributed by atoms with E-state index in [4.69, 9.17) is 16.3 Å². The predicted molar refractivity (Wildman–Crippen MR) is 69.1 cm³/mol. The van der Waals surface area contributed by atoms with Crippen LogP contribution in [0.15, 0.2) is 36.4 Å². The summed E-state index contributed by atoms with van der Waals surface area (Å²) in [5.41, 5.74) is 0.150. The molecule has 0 N–H and O–H groups in total. The molecule has 0 aliphatic carbocycles. The molecule has 0 atom stereocenters. The minimum atomic E-state index is -1.13. The fourth-order valence-electron chi connectivity index (χ4n) is 1.56. The molecular formula is C13H8ClF2NO3. The van der Waals surface area contributed by atoms with Crippen LogP contribution in [0.4, 0.5) is 14.5 Å². The Kier molecular flexibility index (Phi) is 4.14. The molecule has 2 aromatic rings. The van der Waals surface area contributed by atoms with Gasteiger partial charge in [-0.25, -0.2) is 4.39 Å². The van der Waals surface area contributed by atoms with E-state index in [2.05, 4.69) is 0 Å². The van der Waals surface area contributed by atoms with Crippen molar-refractivity contribution >= 4 is 17.3 Å². The Labute approximate surface area is 117 Å². The van der Waals surface area contributed by atoms with Crippen LogP contribution in [-0.4, -0.2) is 4.92 Å². The van der Waals surface area contributed by atoms with E-state index < -0.39 is 16.6 Å². The first-order valence-corrected chi connectivity index (χ1v) is 6.01. The van der Waals surface area contributed by atoms with Gasteiger partial charge in [-0.1, -0.05) is 6.07 Å². The van der Waals surface area contributed by atoms with Crippen molar-refractivity contribution in [3.8, 4) is 11.5 Å². The second-order valence-electron chi connectivity index (χ2n) is 3.84. The van der Waals surface area contributed by atoms with Crippen molar-refractivity contribution in [2.45, 2.75) is 5.88 Å². The van der Waals surface area contributed by atoms with Crippen molar-refractivity contribution in [2.24, 2.45) is 0 Å². The molecule has 0 amide bonds. The summed E-state index contributed by atoms with van der Waals surface area (Å²) in [7, 11) is 0. The van der Waals surface area contributed by atoms with E-state index in [9.17, 15) is 18.9 Å². The number of non-ortho nitro benzene ring substituents is 1. The van der Waals surface area contributed by atoms with Crippen LogP contribution >= 0.6 is 11.6 Å². The Morgan fingerprint density at radius 1 is 1.20 bits per heavy atom. The molecule has 0 saturated heterocycles. The zero-order valence-corrected chi connectivity index (χ0v) is 10.7. The minimum absolute atomic E-state index is 0.0616. The molecule has 0 unspecified atom stereocenters. The molecule has 4 nitrogen and oxygen atoms in total. The number of hydrogen-bond acceptors (Lipinski definition) is 3. The Bertz CT molecular complexity index is 664. The minimum Gasteiger partial charge on any atom is -0.454 e. The molecule has 0 saturated carbocycles. The largest absolute Gasteiger partial charge is 0.454 e. The molecular weight excluding hydrogens is 292 g/mol. The quantitative estimate of drug-likeness (QED) is 0.477. The molecule has 0 spiro atoms. The van der Waals surface area contributed by atoms with Crippen LogP contribution in [0.25, 0.3) is 0 Å². The van der Waals surface area contributed by atoms with Gasteiger partial charge >= 0.3 is 0 Å². The first kappa shape index (κ1) is 14.2. The second-order valence-corrected chi connectivity index (χ2v) is 4.10. The highest BCUT2D eigenvalue weighted by Gasteiger charge is 2.14. The number of ether oxygens (including phenoxy) is 1. The third kappa shape index (κ3) is 2.85. The van der Waals surface area contributed by atoms with Crippen molar-refractivity contribution in [2.75, 3.05) is 0 Å². The molecule has 104 valence electrons. The van der Waals surface area contributed by atoms with Gasteiger partial charge in [0.05, 0.1) is 10.8 Å². The summed E-state index contributed by atoms with van der Waals surface area (Å²) in [6, 6.07) is 7.21. The van der Waals surface area contributed by atoms with E-state index in [0.717, 1.165) is 6.07 Å². The number of alkyl halides is 1. The standard InChI is InChI=1S/C13H8ClF2NO3/c14-7-8-6-9(17(18)19)4-5-11(8)20-12-3-1-2-10(15)13(12)16/h1-6H,7H2. The summed E-state index contributed by atoms with van der Waals surface area (Å²) in [4.78, 5) is 10.1. The maximum Gasteiger partial charge on any atom is 0.270 e. The fourth-order valence-corrected chi connectivity index (χ4v) is 1.77. The molecule has 20 heavy (non-hydrogen) atoms. The van der Waals surface area contributed by atoms with E-state index in [0.29, 0.717) is 5.56 Å². The molecule has 0 heterocycles. The summed E-state index contributed by atoms with van der Waals surface area (Å²) >= 11 is 5.68. The molecule has 0 bridgehead atoms. The lowest BCUT2D eigenvalue weighted by molar-refractivity contribution is -0.384. The normalized spacial score (nSPS) is 10.3. The van der Waals surface area contributed by atoms with E-state index in [1.807, 2.05) is 0 Å². The molecule has 0 aromatic heterocycles. The lowest BCUT2D eigenvalue weighted by atomic mass is 10.2. The van der Waals surface area contributed by atoms with Gasteiger partial charge in [0.15, 0.2) is 11.6 Å². The van der Waals surface area contributed by atoms with Gasteiger partial charge in [0.2, 0.25) is 5.82 Å². The summed E-state index contributed by atoms with van der Waals surface area (Å²) in [5, 5.41) is 10.6. The van der Waals surface area contributed by atoms with Crippen LogP contribution in [0.3, 0.4) is 0 Å². The molecule has 0 aliphatic heterocycles. The number of hydrogen-bond donors (Lipinski definition) is 0. The summed E-state index contributed by atoms with van der Waals surface area (Å²) in [5.74, 6) is -2.42. The first-order valence-electron chi connectivity index (χ1n) is 5.48. The van der Waals surface area contributed by atoms with Crippen molar-refractivity contribution in [3.63, 3.8) is 0 Å². The SMILES string of the molecule is O=[N+]([O-])c1ccc(Oc2cccc(F)c2F)c(CCl)c1. The summed E-state index contributed by atoms with van der Waals surface area (Å²) < 4.78 is 31.8. The Hall–Kier alpha value is -2.21. The van der Waals surface area contributed by atoms with Crippen LogP contribution in [0.5, 0.6) is 11.5 Å². The number of halogens is 3. The van der Waals surface area contributed by atoms with Gasteiger partial charge in [-0.3, -0.25) is 10.1 Å². The number of nitro benzene ring substituents is 1. The number of benzene rings is 2. The molecule has 2 rings (SSSR count). The fraction of sp³-hybridized carbons (Fsp3) is 0.0769. The lowest BCUT2D eigenvalue weighted by Gasteiger charge is -2.10. The Morgan fingerprint density at radius 2 is 1.95 bits per heavy atom. The highest BCUT2D eigenvalue weighted by molar-refractivity contribution is 6.17. The average molecular weight is 300 g/mol. The van der Waals surface area contributed by atoms with Crippen molar-refractivity contribution in [1.82, 2.24) is 0 Å². The van der Waals surface area contributed by atoms with E-state index >= 15 is 0 Å². The van der Waals surface area contributed by atoms with Gasteiger partial charge in [0.1, 0.15) is 5.75 Å². The number of rotatable bonds is 4. The lowest BCUT2D eigenvalue weighted by Crippen LogP contribution is -1.96. The highest BCUT2D eigenvalue weighted by Crippen LogP contribution is 2.31. The van der Waals surface area contributed by atoms with Gasteiger partial charge in [-0.2, -0.15) is 4.39 Å². The zero-order chi connectivity index (χ0) is 14.7. The monoisotopic (exact) mass is 299 g/mol. The molecule has 2 aromatic carbocycles. The third-order valence-corrected chi connectivity index (χ3v) is 2.82. The van der Waals surface area contributed by atoms with Crippen LogP contribution < -0.4 is 4.74 Å². The van der Waals surface area contributed by atoms with Gasteiger partial charge in [-0.15, -0.1) is 11.6 Å². The second kappa shape index (κ2) is 5.83. The smallest absolute Gasteiger partial charge is 0.270 e. The zero-order valence-electron chi connectivity index (χ0n) is 9.98. The van der Waals surface area contributed by atoms with Gasteiger partial charge in [0, 0.05) is 17.7 Å². The first-order chi connectivity index (χ1) is 9.52. The Balaban J connectivity index is 2.38. The third-order valence-electron chi connectivity index (χ3n) is 2.53. The summed E-state index contributed by atoms with van der Waals surface area (Å²) in [6.07, 6.45) is 0. The van der Waals surface area contributed by atoms with Crippen molar-refractivity contribution in [1.29, 1.82) is 0 Å². The molecule has 0 aliphatic rings. The van der Waals surface area contributed by atoms with Gasteiger partial charge in [0.25, 0.3) is 5.69 Å².